The maximum atomic E-state index is 12.5. The second-order valence-corrected chi connectivity index (χ2v) is 5.05. The van der Waals surface area contributed by atoms with Crippen LogP contribution in [0.25, 0.3) is 21.6 Å². The zero-order valence-corrected chi connectivity index (χ0v) is 11.4. The number of rotatable bonds is 2. The minimum atomic E-state index is -0.687. The van der Waals surface area contributed by atoms with Crippen LogP contribution in [-0.4, -0.2) is 13.1 Å². The molecule has 0 bridgehead atoms. The number of carbonyl (C=O) groups is 1. The second kappa shape index (κ2) is 4.94. The van der Waals surface area contributed by atoms with Gasteiger partial charge in [-0.1, -0.05) is 18.2 Å². The molecule has 2 aromatic heterocycles. The SMILES string of the molecule is COC(=O)c1c(-c2cccs2)oc2ccccc2c1=O. The molecular weight excluding hydrogens is 276 g/mol. The van der Waals surface area contributed by atoms with E-state index in [-0.39, 0.29) is 16.8 Å². The minimum absolute atomic E-state index is 0.0614. The second-order valence-electron chi connectivity index (χ2n) is 4.10. The van der Waals surface area contributed by atoms with Gasteiger partial charge in [-0.05, 0) is 23.6 Å². The van der Waals surface area contributed by atoms with Crippen LogP contribution >= 0.6 is 11.3 Å². The average Bonchev–Trinajstić information content (AvgIpc) is 3.00. The Morgan fingerprint density at radius 3 is 2.70 bits per heavy atom. The van der Waals surface area contributed by atoms with Crippen molar-refractivity contribution in [2.45, 2.75) is 0 Å². The summed E-state index contributed by atoms with van der Waals surface area (Å²) in [6, 6.07) is 10.5. The van der Waals surface area contributed by atoms with Gasteiger partial charge in [-0.25, -0.2) is 4.79 Å². The summed E-state index contributed by atoms with van der Waals surface area (Å²) in [5, 5.41) is 2.22. The van der Waals surface area contributed by atoms with Gasteiger partial charge in [-0.2, -0.15) is 0 Å². The highest BCUT2D eigenvalue weighted by Crippen LogP contribution is 2.29. The highest BCUT2D eigenvalue weighted by molar-refractivity contribution is 7.13. The number of esters is 1. The van der Waals surface area contributed by atoms with Gasteiger partial charge < -0.3 is 9.15 Å². The maximum absolute atomic E-state index is 12.5. The lowest BCUT2D eigenvalue weighted by atomic mass is 10.1. The Kier molecular flexibility index (Phi) is 3.12. The lowest BCUT2D eigenvalue weighted by molar-refractivity contribution is 0.0598. The summed E-state index contributed by atoms with van der Waals surface area (Å²) >= 11 is 1.39. The standard InChI is InChI=1S/C15H10O4S/c1-18-15(17)12-13(16)9-5-2-3-6-10(9)19-14(12)11-7-4-8-20-11/h2-8H,1H3. The van der Waals surface area contributed by atoms with Crippen LogP contribution in [0.15, 0.2) is 51.0 Å². The Morgan fingerprint density at radius 1 is 1.20 bits per heavy atom. The van der Waals surface area contributed by atoms with Gasteiger partial charge in [0.1, 0.15) is 5.58 Å². The van der Waals surface area contributed by atoms with Crippen molar-refractivity contribution in [1.82, 2.24) is 0 Å². The van der Waals surface area contributed by atoms with Crippen molar-refractivity contribution in [1.29, 1.82) is 0 Å². The van der Waals surface area contributed by atoms with Gasteiger partial charge in [-0.3, -0.25) is 4.79 Å². The molecule has 0 aliphatic rings. The number of hydrogen-bond acceptors (Lipinski definition) is 5. The summed E-state index contributed by atoms with van der Waals surface area (Å²) in [7, 11) is 1.25. The zero-order chi connectivity index (χ0) is 14.1. The fourth-order valence-electron chi connectivity index (χ4n) is 2.01. The largest absolute Gasteiger partial charge is 0.465 e. The summed E-state index contributed by atoms with van der Waals surface area (Å²) in [4.78, 5) is 25.1. The van der Waals surface area contributed by atoms with E-state index in [1.807, 2.05) is 11.4 Å². The highest BCUT2D eigenvalue weighted by atomic mass is 32.1. The van der Waals surface area contributed by atoms with Crippen LogP contribution < -0.4 is 5.43 Å². The molecule has 1 aromatic carbocycles. The molecular formula is C15H10O4S. The van der Waals surface area contributed by atoms with Crippen LogP contribution in [0.2, 0.25) is 0 Å². The van der Waals surface area contributed by atoms with Crippen molar-refractivity contribution >= 4 is 28.3 Å². The molecule has 20 heavy (non-hydrogen) atoms. The molecule has 0 aliphatic heterocycles. The van der Waals surface area contributed by atoms with E-state index in [1.165, 1.54) is 18.4 Å². The first-order chi connectivity index (χ1) is 9.72. The molecule has 5 heteroatoms. The minimum Gasteiger partial charge on any atom is -0.465 e. The van der Waals surface area contributed by atoms with E-state index in [4.69, 9.17) is 9.15 Å². The molecule has 2 heterocycles. The third-order valence-corrected chi connectivity index (χ3v) is 3.80. The molecule has 100 valence electrons. The summed E-state index contributed by atoms with van der Waals surface area (Å²) in [6.45, 7) is 0. The van der Waals surface area contributed by atoms with E-state index in [0.29, 0.717) is 15.8 Å². The van der Waals surface area contributed by atoms with Crippen molar-refractivity contribution in [3.63, 3.8) is 0 Å². The van der Waals surface area contributed by atoms with Gasteiger partial charge in [0.05, 0.1) is 17.4 Å². The molecule has 0 atom stereocenters. The Morgan fingerprint density at radius 2 is 2.00 bits per heavy atom. The van der Waals surface area contributed by atoms with Crippen molar-refractivity contribution in [3.05, 3.63) is 57.6 Å². The Labute approximate surface area is 118 Å². The molecule has 0 unspecified atom stereocenters. The van der Waals surface area contributed by atoms with Crippen LogP contribution in [0.4, 0.5) is 0 Å². The smallest absolute Gasteiger partial charge is 0.345 e. The molecule has 4 nitrogen and oxygen atoms in total. The fraction of sp³-hybridized carbons (Fsp3) is 0.0667. The monoisotopic (exact) mass is 286 g/mol. The van der Waals surface area contributed by atoms with Crippen LogP contribution in [0.1, 0.15) is 10.4 Å². The first-order valence-corrected chi connectivity index (χ1v) is 6.78. The van der Waals surface area contributed by atoms with E-state index in [2.05, 4.69) is 0 Å². The number of para-hydroxylation sites is 1. The number of methoxy groups -OCH3 is 1. The molecule has 0 N–H and O–H groups in total. The molecule has 3 aromatic rings. The third kappa shape index (κ3) is 1.92. The van der Waals surface area contributed by atoms with E-state index in [1.54, 1.807) is 30.3 Å². The van der Waals surface area contributed by atoms with E-state index in [0.717, 1.165) is 0 Å². The normalized spacial score (nSPS) is 10.7. The quantitative estimate of drug-likeness (QED) is 0.678. The Balaban J connectivity index is 2.43. The first-order valence-electron chi connectivity index (χ1n) is 5.90. The fourth-order valence-corrected chi connectivity index (χ4v) is 2.72. The number of hydrogen-bond donors (Lipinski definition) is 0. The van der Waals surface area contributed by atoms with Crippen LogP contribution in [-0.2, 0) is 4.74 Å². The van der Waals surface area contributed by atoms with E-state index in [9.17, 15) is 9.59 Å². The highest BCUT2D eigenvalue weighted by Gasteiger charge is 2.23. The van der Waals surface area contributed by atoms with Crippen molar-refractivity contribution in [2.24, 2.45) is 0 Å². The summed E-state index contributed by atoms with van der Waals surface area (Å²) < 4.78 is 10.5. The summed E-state index contributed by atoms with van der Waals surface area (Å²) in [6.07, 6.45) is 0. The van der Waals surface area contributed by atoms with Crippen LogP contribution in [0, 0.1) is 0 Å². The average molecular weight is 286 g/mol. The molecule has 0 fully saturated rings. The Hall–Kier alpha value is -2.40. The van der Waals surface area contributed by atoms with Gasteiger partial charge >= 0.3 is 5.97 Å². The predicted molar refractivity (Wildman–Crippen MR) is 77.1 cm³/mol. The number of carbonyl (C=O) groups excluding carboxylic acids is 1. The topological polar surface area (TPSA) is 56.5 Å². The molecule has 0 saturated carbocycles. The lowest BCUT2D eigenvalue weighted by Gasteiger charge is -2.06. The third-order valence-electron chi connectivity index (χ3n) is 2.93. The molecule has 3 rings (SSSR count). The summed E-state index contributed by atoms with van der Waals surface area (Å²) in [5.41, 5.74) is 0.0179. The molecule has 0 aliphatic carbocycles. The van der Waals surface area contributed by atoms with Crippen molar-refractivity contribution in [3.8, 4) is 10.6 Å². The van der Waals surface area contributed by atoms with Crippen molar-refractivity contribution in [2.75, 3.05) is 7.11 Å². The van der Waals surface area contributed by atoms with Gasteiger partial charge in [0.15, 0.2) is 11.3 Å². The Bertz CT molecular complexity index is 831. The predicted octanol–water partition coefficient (Wildman–Crippen LogP) is 3.31. The molecule has 0 saturated heterocycles. The van der Waals surface area contributed by atoms with Crippen LogP contribution in [0.3, 0.4) is 0 Å². The van der Waals surface area contributed by atoms with Gasteiger partial charge in [0.25, 0.3) is 0 Å². The first kappa shape index (κ1) is 12.6. The molecule has 0 amide bonds. The molecule has 0 radical (unpaired) electrons. The van der Waals surface area contributed by atoms with E-state index < -0.39 is 5.97 Å². The van der Waals surface area contributed by atoms with E-state index >= 15 is 0 Å². The van der Waals surface area contributed by atoms with Crippen molar-refractivity contribution < 1.29 is 13.9 Å². The number of fused-ring (bicyclic) bond motifs is 1. The lowest BCUT2D eigenvalue weighted by Crippen LogP contribution is -2.17. The van der Waals surface area contributed by atoms with Crippen LogP contribution in [0.5, 0.6) is 0 Å². The van der Waals surface area contributed by atoms with Gasteiger partial charge in [-0.15, -0.1) is 11.3 Å². The number of benzene rings is 1. The van der Waals surface area contributed by atoms with Gasteiger partial charge in [0.2, 0.25) is 5.43 Å². The molecule has 0 spiro atoms. The number of thiophene rings is 1. The maximum Gasteiger partial charge on any atom is 0.345 e. The zero-order valence-electron chi connectivity index (χ0n) is 10.6. The van der Waals surface area contributed by atoms with Gasteiger partial charge in [0, 0.05) is 0 Å². The summed E-state index contributed by atoms with van der Waals surface area (Å²) in [5.74, 6) is -0.427. The number of ether oxygens (including phenoxy) is 1.